The minimum Gasteiger partial charge on any atom is -0.456 e. The van der Waals surface area contributed by atoms with Gasteiger partial charge in [0.15, 0.2) is 17.5 Å². The second-order valence-electron chi connectivity index (χ2n) is 11.1. The van der Waals surface area contributed by atoms with Crippen LogP contribution in [0.4, 0.5) is 0 Å². The van der Waals surface area contributed by atoms with Crippen LogP contribution in [-0.4, -0.2) is 19.5 Å². The zero-order valence-corrected chi connectivity index (χ0v) is 25.5. The molecule has 0 N–H and O–H groups in total. The van der Waals surface area contributed by atoms with Gasteiger partial charge < -0.3 is 8.98 Å². The molecule has 0 spiro atoms. The molecule has 5 heteroatoms. The lowest BCUT2D eigenvalue weighted by atomic mass is 9.99. The number of benzene rings is 7. The molecule has 0 radical (unpaired) electrons. The van der Waals surface area contributed by atoms with E-state index in [1.807, 2.05) is 0 Å². The molecule has 0 unspecified atom stereocenters. The summed E-state index contributed by atoms with van der Waals surface area (Å²) in [6.45, 7) is 0. The monoisotopic (exact) mass is 658 g/mol. The molecular weight excluding hydrogens is 613 g/mol. The van der Waals surface area contributed by atoms with Crippen LogP contribution in [0.25, 0.3) is 94.7 Å². The molecule has 3 aromatic heterocycles. The standard InChI is InChI=1S/C45H28N4O/c1-4-14-29(15-5-1)33-21-12-24-39-41(33)42-37(23-13-25-40(42)50-39)49-36-22-11-10-20-34(36)35-27-26-32(28-38(35)49)45-47-43(30-16-6-2-7-17-30)46-44(48-45)31-18-8-3-9-19-31/h1-28H/i1D,4D,5D,10D,11D,12D,13D,14D,15D,20D,21D,22D,23D,24D,25D,26D,27D,28D. The SMILES string of the molecule is [2H]c1c([2H])c([2H])c(-c2c([2H])c([2H])c([2H])c3oc4c([2H])c([2H])c([2H])c(-n5c6c([2H])c([2H])c([2H])c([2H])c6c6c([2H])c([2H])c(-c7nc(-c8ccccc8)nc(-c8ccccc8)n7)c([2H])c65)c4c23)c([2H])c1[2H]. The Morgan fingerprint density at radius 2 is 1.06 bits per heavy atom. The van der Waals surface area contributed by atoms with E-state index < -0.39 is 159 Å². The second-order valence-corrected chi connectivity index (χ2v) is 11.1. The molecule has 234 valence electrons. The summed E-state index contributed by atoms with van der Waals surface area (Å²) in [5.41, 5.74) is -3.05. The number of fused-ring (bicyclic) bond motifs is 6. The van der Waals surface area contributed by atoms with Gasteiger partial charge in [0.25, 0.3) is 0 Å². The predicted octanol–water partition coefficient (Wildman–Crippen LogP) is 11.5. The van der Waals surface area contributed by atoms with Gasteiger partial charge in [-0.25, -0.2) is 15.0 Å². The smallest absolute Gasteiger partial charge is 0.164 e. The van der Waals surface area contributed by atoms with Crippen molar-refractivity contribution < 1.29 is 29.1 Å². The van der Waals surface area contributed by atoms with Crippen molar-refractivity contribution in [2.75, 3.05) is 0 Å². The topological polar surface area (TPSA) is 56.7 Å². The van der Waals surface area contributed by atoms with Gasteiger partial charge in [-0.3, -0.25) is 0 Å². The number of furan rings is 1. The van der Waals surface area contributed by atoms with Crippen LogP contribution < -0.4 is 0 Å². The van der Waals surface area contributed by atoms with Gasteiger partial charge in [0.1, 0.15) is 11.2 Å². The summed E-state index contributed by atoms with van der Waals surface area (Å²) < 4.78 is 170. The number of hydrogen-bond acceptors (Lipinski definition) is 4. The number of hydrogen-bond donors (Lipinski definition) is 0. The van der Waals surface area contributed by atoms with Crippen molar-refractivity contribution in [3.8, 4) is 51.0 Å². The third-order valence-corrected chi connectivity index (χ3v) is 8.17. The molecule has 7 aromatic carbocycles. The largest absolute Gasteiger partial charge is 0.456 e. The number of para-hydroxylation sites is 1. The molecule has 0 fully saturated rings. The third-order valence-electron chi connectivity index (χ3n) is 8.17. The van der Waals surface area contributed by atoms with Crippen molar-refractivity contribution in [1.29, 1.82) is 0 Å². The van der Waals surface area contributed by atoms with Crippen LogP contribution in [0.1, 0.15) is 24.7 Å². The van der Waals surface area contributed by atoms with Gasteiger partial charge in [-0.05, 0) is 41.3 Å². The minimum atomic E-state index is -0.836. The summed E-state index contributed by atoms with van der Waals surface area (Å²) in [5.74, 6) is -0.0243. The van der Waals surface area contributed by atoms with Crippen molar-refractivity contribution in [2.45, 2.75) is 0 Å². The van der Waals surface area contributed by atoms with E-state index in [2.05, 4.69) is 15.0 Å². The molecule has 50 heavy (non-hydrogen) atoms. The molecule has 0 saturated carbocycles. The molecule has 0 aliphatic carbocycles. The summed E-state index contributed by atoms with van der Waals surface area (Å²) in [4.78, 5) is 14.1. The lowest BCUT2D eigenvalue weighted by Gasteiger charge is -2.12. The lowest BCUT2D eigenvalue weighted by molar-refractivity contribution is 0.669. The van der Waals surface area contributed by atoms with Crippen LogP contribution in [-0.2, 0) is 0 Å². The first kappa shape index (κ1) is 15.6. The molecule has 5 nitrogen and oxygen atoms in total. The Bertz CT molecular complexity index is 3810. The lowest BCUT2D eigenvalue weighted by Crippen LogP contribution is -2.00. The Labute approximate surface area is 313 Å². The van der Waals surface area contributed by atoms with Gasteiger partial charge >= 0.3 is 0 Å². The van der Waals surface area contributed by atoms with E-state index >= 15 is 0 Å². The quantitative estimate of drug-likeness (QED) is 0.185. The zero-order valence-electron chi connectivity index (χ0n) is 43.5. The Morgan fingerprint density at radius 3 is 1.78 bits per heavy atom. The summed E-state index contributed by atoms with van der Waals surface area (Å²) in [6, 6.07) is 3.69. The maximum atomic E-state index is 10.0. The maximum absolute atomic E-state index is 10.0. The normalized spacial score (nSPS) is 16.6. The van der Waals surface area contributed by atoms with Gasteiger partial charge in [0.2, 0.25) is 0 Å². The molecule has 3 heterocycles. The first-order valence-electron chi connectivity index (χ1n) is 24.2. The maximum Gasteiger partial charge on any atom is 0.164 e. The summed E-state index contributed by atoms with van der Waals surface area (Å²) in [7, 11) is 0. The minimum absolute atomic E-state index is 0.122. The molecule has 0 aliphatic rings. The molecular formula is C45H28N4O. The Kier molecular flexibility index (Phi) is 3.55. The van der Waals surface area contributed by atoms with Crippen molar-refractivity contribution in [3.05, 3.63) is 169 Å². The fraction of sp³-hybridized carbons (Fsp3) is 0. The number of aromatic nitrogens is 4. The van der Waals surface area contributed by atoms with Gasteiger partial charge in [0, 0.05) is 32.8 Å². The fourth-order valence-electron chi connectivity index (χ4n) is 5.99. The van der Waals surface area contributed by atoms with Gasteiger partial charge in [-0.1, -0.05) is 139 Å². The Hall–Kier alpha value is -6.85. The zero-order chi connectivity index (χ0) is 48.7. The molecule has 0 bridgehead atoms. The molecule has 0 saturated heterocycles. The van der Waals surface area contributed by atoms with E-state index in [0.717, 1.165) is 4.57 Å². The highest BCUT2D eigenvalue weighted by Crippen LogP contribution is 2.42. The second kappa shape index (κ2) is 11.4. The predicted molar refractivity (Wildman–Crippen MR) is 203 cm³/mol. The molecule has 0 atom stereocenters. The van der Waals surface area contributed by atoms with Crippen LogP contribution >= 0.6 is 0 Å². The van der Waals surface area contributed by atoms with Crippen LogP contribution in [0, 0.1) is 0 Å². The van der Waals surface area contributed by atoms with E-state index in [1.165, 1.54) is 0 Å². The Balaban J connectivity index is 1.47. The summed E-state index contributed by atoms with van der Waals surface area (Å²) >= 11 is 0. The van der Waals surface area contributed by atoms with Crippen molar-refractivity contribution in [2.24, 2.45) is 0 Å². The number of nitrogens with zero attached hydrogens (tertiary/aromatic N) is 4. The molecule has 10 aromatic rings. The van der Waals surface area contributed by atoms with E-state index in [4.69, 9.17) is 19.5 Å². The highest BCUT2D eigenvalue weighted by molar-refractivity contribution is 6.18. The molecule has 0 aliphatic heterocycles. The van der Waals surface area contributed by atoms with Crippen molar-refractivity contribution in [3.63, 3.8) is 0 Å². The fourth-order valence-corrected chi connectivity index (χ4v) is 5.99. The molecule has 10 rings (SSSR count). The van der Waals surface area contributed by atoms with E-state index in [1.54, 1.807) is 60.7 Å². The van der Waals surface area contributed by atoms with E-state index in [9.17, 15) is 9.60 Å². The van der Waals surface area contributed by atoms with Crippen molar-refractivity contribution in [1.82, 2.24) is 19.5 Å². The average Bonchev–Trinajstić information content (AvgIpc) is 3.91. The number of rotatable bonds is 5. The van der Waals surface area contributed by atoms with Crippen LogP contribution in [0.15, 0.2) is 174 Å². The first-order chi connectivity index (χ1) is 32.3. The van der Waals surface area contributed by atoms with Gasteiger partial charge in [-0.2, -0.15) is 0 Å². The summed E-state index contributed by atoms with van der Waals surface area (Å²) in [6.07, 6.45) is 0. The average molecular weight is 659 g/mol. The molecule has 0 amide bonds. The van der Waals surface area contributed by atoms with Crippen molar-refractivity contribution >= 4 is 43.7 Å². The van der Waals surface area contributed by atoms with E-state index in [0.29, 0.717) is 11.1 Å². The Morgan fingerprint density at radius 1 is 0.460 bits per heavy atom. The van der Waals surface area contributed by atoms with Crippen LogP contribution in [0.5, 0.6) is 0 Å². The first-order valence-corrected chi connectivity index (χ1v) is 15.2. The third kappa shape index (κ3) is 4.52. The van der Waals surface area contributed by atoms with E-state index in [-0.39, 0.29) is 33.8 Å². The van der Waals surface area contributed by atoms with Crippen LogP contribution in [0.2, 0.25) is 0 Å². The summed E-state index contributed by atoms with van der Waals surface area (Å²) in [5, 5.41) is -1.60. The highest BCUT2D eigenvalue weighted by Gasteiger charge is 2.21. The van der Waals surface area contributed by atoms with Crippen LogP contribution in [0.3, 0.4) is 0 Å². The van der Waals surface area contributed by atoms with Gasteiger partial charge in [-0.15, -0.1) is 0 Å². The van der Waals surface area contributed by atoms with Gasteiger partial charge in [0.05, 0.1) is 46.8 Å². The highest BCUT2D eigenvalue weighted by atomic mass is 16.3.